The Morgan fingerprint density at radius 1 is 1.19 bits per heavy atom. The molecule has 0 spiro atoms. The molecule has 1 N–H and O–H groups in total. The monoisotopic (exact) mass is 386 g/mol. The molecule has 2 aromatic rings. The van der Waals surface area contributed by atoms with Gasteiger partial charge in [-0.3, -0.25) is 4.98 Å². The van der Waals surface area contributed by atoms with E-state index in [9.17, 15) is 0 Å². The Morgan fingerprint density at radius 2 is 2.00 bits per heavy atom. The van der Waals surface area contributed by atoms with E-state index < -0.39 is 0 Å². The molecule has 0 saturated carbocycles. The Bertz CT molecular complexity index is 587. The second-order valence-electron chi connectivity index (χ2n) is 4.86. The Hall–Kier alpha value is -0.610. The SMILES string of the molecule is CCCNC(Cc1ccc(Cl)c(Cl)c1)c1ccc(Br)cn1. The molecule has 0 radical (unpaired) electrons. The van der Waals surface area contributed by atoms with Crippen molar-refractivity contribution in [3.05, 3.63) is 62.3 Å². The van der Waals surface area contributed by atoms with Gasteiger partial charge in [0.2, 0.25) is 0 Å². The van der Waals surface area contributed by atoms with Crippen molar-refractivity contribution in [2.24, 2.45) is 0 Å². The highest BCUT2D eigenvalue weighted by molar-refractivity contribution is 9.10. The summed E-state index contributed by atoms with van der Waals surface area (Å²) in [6.45, 7) is 3.10. The number of hydrogen-bond donors (Lipinski definition) is 1. The average molecular weight is 388 g/mol. The van der Waals surface area contributed by atoms with Crippen LogP contribution in [0.25, 0.3) is 0 Å². The summed E-state index contributed by atoms with van der Waals surface area (Å²) in [6.07, 6.45) is 3.73. The van der Waals surface area contributed by atoms with Crippen molar-refractivity contribution >= 4 is 39.1 Å². The van der Waals surface area contributed by atoms with Crippen molar-refractivity contribution in [1.82, 2.24) is 10.3 Å². The molecule has 0 fully saturated rings. The molecule has 0 aliphatic carbocycles. The van der Waals surface area contributed by atoms with Gasteiger partial charge in [0, 0.05) is 10.7 Å². The molecule has 0 amide bonds. The first-order chi connectivity index (χ1) is 10.1. The summed E-state index contributed by atoms with van der Waals surface area (Å²) in [5, 5.41) is 4.71. The molecule has 5 heteroatoms. The highest BCUT2D eigenvalue weighted by Crippen LogP contribution is 2.25. The second kappa shape index (κ2) is 8.14. The zero-order valence-corrected chi connectivity index (χ0v) is 14.8. The Morgan fingerprint density at radius 3 is 2.62 bits per heavy atom. The number of hydrogen-bond acceptors (Lipinski definition) is 2. The molecule has 2 rings (SSSR count). The number of nitrogens with one attached hydrogen (secondary N) is 1. The summed E-state index contributed by atoms with van der Waals surface area (Å²) in [7, 11) is 0. The largest absolute Gasteiger partial charge is 0.308 e. The smallest absolute Gasteiger partial charge is 0.0595 e. The fourth-order valence-corrected chi connectivity index (χ4v) is 2.65. The number of nitrogens with zero attached hydrogens (tertiary/aromatic N) is 1. The van der Waals surface area contributed by atoms with Gasteiger partial charge in [0.1, 0.15) is 0 Å². The van der Waals surface area contributed by atoms with Crippen LogP contribution in [0.5, 0.6) is 0 Å². The molecule has 2 nitrogen and oxygen atoms in total. The van der Waals surface area contributed by atoms with Gasteiger partial charge in [-0.25, -0.2) is 0 Å². The van der Waals surface area contributed by atoms with Gasteiger partial charge in [0.05, 0.1) is 21.8 Å². The maximum Gasteiger partial charge on any atom is 0.0595 e. The summed E-state index contributed by atoms with van der Waals surface area (Å²) in [5.41, 5.74) is 2.17. The Balaban J connectivity index is 2.19. The zero-order chi connectivity index (χ0) is 15.2. The van der Waals surface area contributed by atoms with Gasteiger partial charge in [-0.2, -0.15) is 0 Å². The quantitative estimate of drug-likeness (QED) is 0.714. The van der Waals surface area contributed by atoms with Gasteiger partial charge in [-0.15, -0.1) is 0 Å². The lowest BCUT2D eigenvalue weighted by Gasteiger charge is -2.18. The van der Waals surface area contributed by atoms with Gasteiger partial charge in [-0.1, -0.05) is 36.2 Å². The number of aromatic nitrogens is 1. The van der Waals surface area contributed by atoms with Crippen molar-refractivity contribution in [2.45, 2.75) is 25.8 Å². The van der Waals surface area contributed by atoms with Crippen LogP contribution in [0, 0.1) is 0 Å². The van der Waals surface area contributed by atoms with Gasteiger partial charge in [0.15, 0.2) is 0 Å². The molecule has 1 atom stereocenters. The molecular formula is C16H17BrCl2N2. The van der Waals surface area contributed by atoms with Crippen LogP contribution >= 0.6 is 39.1 Å². The fraction of sp³-hybridized carbons (Fsp3) is 0.312. The normalized spacial score (nSPS) is 12.4. The van der Waals surface area contributed by atoms with Crippen molar-refractivity contribution in [1.29, 1.82) is 0 Å². The van der Waals surface area contributed by atoms with Crippen LogP contribution in [-0.4, -0.2) is 11.5 Å². The molecule has 1 aromatic carbocycles. The van der Waals surface area contributed by atoms with Crippen LogP contribution in [0.4, 0.5) is 0 Å². The molecule has 112 valence electrons. The Labute approximate surface area is 144 Å². The lowest BCUT2D eigenvalue weighted by atomic mass is 10.0. The van der Waals surface area contributed by atoms with E-state index in [-0.39, 0.29) is 6.04 Å². The van der Waals surface area contributed by atoms with Crippen LogP contribution < -0.4 is 5.32 Å². The first kappa shape index (κ1) is 16.8. The average Bonchev–Trinajstić information content (AvgIpc) is 2.48. The van der Waals surface area contributed by atoms with E-state index in [1.54, 1.807) is 0 Å². The summed E-state index contributed by atoms with van der Waals surface area (Å²) < 4.78 is 0.982. The molecule has 0 saturated heterocycles. The maximum absolute atomic E-state index is 6.09. The van der Waals surface area contributed by atoms with Crippen LogP contribution in [0.2, 0.25) is 10.0 Å². The standard InChI is InChI=1S/C16H17BrCl2N2/c1-2-7-20-16(15-6-4-12(17)10-21-15)9-11-3-5-13(18)14(19)8-11/h3-6,8,10,16,20H,2,7,9H2,1H3. The van der Waals surface area contributed by atoms with Crippen LogP contribution in [0.15, 0.2) is 41.0 Å². The molecule has 21 heavy (non-hydrogen) atoms. The topological polar surface area (TPSA) is 24.9 Å². The number of halogens is 3. The van der Waals surface area contributed by atoms with E-state index >= 15 is 0 Å². The highest BCUT2D eigenvalue weighted by Gasteiger charge is 2.13. The Kier molecular flexibility index (Phi) is 6.49. The minimum Gasteiger partial charge on any atom is -0.308 e. The zero-order valence-electron chi connectivity index (χ0n) is 11.7. The van der Waals surface area contributed by atoms with E-state index in [4.69, 9.17) is 23.2 Å². The molecule has 1 heterocycles. The van der Waals surface area contributed by atoms with Crippen molar-refractivity contribution in [2.75, 3.05) is 6.54 Å². The van der Waals surface area contributed by atoms with E-state index in [0.717, 1.165) is 35.1 Å². The molecule has 1 unspecified atom stereocenters. The molecular weight excluding hydrogens is 371 g/mol. The predicted octanol–water partition coefficient (Wildman–Crippen LogP) is 5.43. The summed E-state index contributed by atoms with van der Waals surface area (Å²) >= 11 is 15.5. The second-order valence-corrected chi connectivity index (χ2v) is 6.59. The van der Waals surface area contributed by atoms with Crippen molar-refractivity contribution in [3.63, 3.8) is 0 Å². The van der Waals surface area contributed by atoms with Gasteiger partial charge < -0.3 is 5.32 Å². The van der Waals surface area contributed by atoms with E-state index in [0.29, 0.717) is 10.0 Å². The molecule has 0 aliphatic rings. The molecule has 1 aromatic heterocycles. The lowest BCUT2D eigenvalue weighted by Crippen LogP contribution is -2.25. The highest BCUT2D eigenvalue weighted by atomic mass is 79.9. The van der Waals surface area contributed by atoms with E-state index in [2.05, 4.69) is 33.2 Å². The third-order valence-corrected chi connectivity index (χ3v) is 4.38. The first-order valence-corrected chi connectivity index (χ1v) is 8.43. The maximum atomic E-state index is 6.09. The summed E-state index contributed by atoms with van der Waals surface area (Å²) in [6, 6.07) is 9.98. The van der Waals surface area contributed by atoms with E-state index in [1.165, 1.54) is 0 Å². The van der Waals surface area contributed by atoms with Crippen molar-refractivity contribution in [3.8, 4) is 0 Å². The molecule has 0 bridgehead atoms. The first-order valence-electron chi connectivity index (χ1n) is 6.89. The van der Waals surface area contributed by atoms with Crippen molar-refractivity contribution < 1.29 is 0 Å². The number of pyridine rings is 1. The van der Waals surface area contributed by atoms with Gasteiger partial charge in [0.25, 0.3) is 0 Å². The van der Waals surface area contributed by atoms with Gasteiger partial charge >= 0.3 is 0 Å². The van der Waals surface area contributed by atoms with Crippen LogP contribution in [0.1, 0.15) is 30.6 Å². The number of benzene rings is 1. The summed E-state index contributed by atoms with van der Waals surface area (Å²) in [5.74, 6) is 0. The summed E-state index contributed by atoms with van der Waals surface area (Å²) in [4.78, 5) is 4.50. The van der Waals surface area contributed by atoms with Gasteiger partial charge in [-0.05, 0) is 65.1 Å². The number of rotatable bonds is 6. The fourth-order valence-electron chi connectivity index (χ4n) is 2.10. The lowest BCUT2D eigenvalue weighted by molar-refractivity contribution is 0.518. The molecule has 0 aliphatic heterocycles. The third-order valence-electron chi connectivity index (χ3n) is 3.17. The predicted molar refractivity (Wildman–Crippen MR) is 93.1 cm³/mol. The van der Waals surface area contributed by atoms with Crippen LogP contribution in [-0.2, 0) is 6.42 Å². The third kappa shape index (κ3) is 4.96. The minimum atomic E-state index is 0.162. The van der Waals surface area contributed by atoms with E-state index in [1.807, 2.05) is 36.5 Å². The van der Waals surface area contributed by atoms with Crippen LogP contribution in [0.3, 0.4) is 0 Å². The minimum absolute atomic E-state index is 0.162.